The van der Waals surface area contributed by atoms with Gasteiger partial charge >= 0.3 is 0 Å². The van der Waals surface area contributed by atoms with E-state index in [9.17, 15) is 9.59 Å². The van der Waals surface area contributed by atoms with Crippen molar-refractivity contribution in [3.05, 3.63) is 96.3 Å². The third-order valence-electron chi connectivity index (χ3n) is 6.37. The lowest BCUT2D eigenvalue weighted by Crippen LogP contribution is -2.41. The highest BCUT2D eigenvalue weighted by molar-refractivity contribution is 5.95. The van der Waals surface area contributed by atoms with Crippen molar-refractivity contribution in [2.45, 2.75) is 19.8 Å². The van der Waals surface area contributed by atoms with E-state index in [-0.39, 0.29) is 17.7 Å². The van der Waals surface area contributed by atoms with E-state index in [0.717, 1.165) is 22.5 Å². The Morgan fingerprint density at radius 3 is 2.49 bits per heavy atom. The van der Waals surface area contributed by atoms with Crippen molar-refractivity contribution >= 4 is 17.6 Å². The molecule has 7 heteroatoms. The van der Waals surface area contributed by atoms with Gasteiger partial charge in [0.05, 0.1) is 17.6 Å². The van der Waals surface area contributed by atoms with Gasteiger partial charge in [-0.2, -0.15) is 5.10 Å². The zero-order valence-corrected chi connectivity index (χ0v) is 19.6. The summed E-state index contributed by atoms with van der Waals surface area (Å²) in [6, 6.07) is 23.3. The van der Waals surface area contributed by atoms with Crippen LogP contribution in [0.3, 0.4) is 0 Å². The van der Waals surface area contributed by atoms with Crippen LogP contribution in [-0.2, 0) is 4.79 Å². The van der Waals surface area contributed by atoms with Crippen LogP contribution < -0.4 is 5.32 Å². The minimum Gasteiger partial charge on any atom is -0.339 e. The van der Waals surface area contributed by atoms with Gasteiger partial charge in [-0.15, -0.1) is 0 Å². The van der Waals surface area contributed by atoms with Gasteiger partial charge in [-0.25, -0.2) is 9.67 Å². The second-order valence-corrected chi connectivity index (χ2v) is 8.82. The van der Waals surface area contributed by atoms with Crippen molar-refractivity contribution in [2.75, 3.05) is 18.4 Å². The number of nitrogens with one attached hydrogen (secondary N) is 1. The number of carbonyl (C=O) groups excluding carboxylic acids is 2. The fraction of sp³-hybridized carbons (Fsp3) is 0.214. The predicted octanol–water partition coefficient (Wildman–Crippen LogP) is 4.73. The Kier molecular flexibility index (Phi) is 6.39. The molecule has 0 spiro atoms. The number of anilines is 1. The van der Waals surface area contributed by atoms with E-state index in [4.69, 9.17) is 0 Å². The lowest BCUT2D eigenvalue weighted by atomic mass is 9.95. The lowest BCUT2D eigenvalue weighted by molar-refractivity contribution is -0.121. The number of nitrogens with zero attached hydrogens (tertiary/aromatic N) is 4. The fourth-order valence-corrected chi connectivity index (χ4v) is 4.47. The zero-order chi connectivity index (χ0) is 24.2. The number of aryl methyl sites for hydroxylation is 1. The topological polar surface area (TPSA) is 80.1 Å². The second-order valence-electron chi connectivity index (χ2n) is 8.82. The molecule has 0 aliphatic carbocycles. The van der Waals surface area contributed by atoms with Gasteiger partial charge in [0.1, 0.15) is 5.82 Å². The molecule has 1 saturated heterocycles. The molecule has 35 heavy (non-hydrogen) atoms. The predicted molar refractivity (Wildman–Crippen MR) is 135 cm³/mol. The number of benzene rings is 2. The fourth-order valence-electron chi connectivity index (χ4n) is 4.47. The maximum atomic E-state index is 13.3. The molecule has 1 fully saturated rings. The minimum atomic E-state index is -0.134. The number of carbonyl (C=O) groups is 2. The Bertz CT molecular complexity index is 1340. The first-order valence-electron chi connectivity index (χ1n) is 11.8. The van der Waals surface area contributed by atoms with E-state index in [2.05, 4.69) is 15.4 Å². The normalized spacial score (nSPS) is 14.0. The Balaban J connectivity index is 1.25. The molecule has 5 rings (SSSR count). The van der Waals surface area contributed by atoms with E-state index >= 15 is 0 Å². The molecule has 0 saturated carbocycles. The summed E-state index contributed by atoms with van der Waals surface area (Å²) in [5, 5.41) is 7.39. The SMILES string of the molecule is Cc1ccnc(NC(=O)C2CCN(C(=O)c3cccc(-n4nccc4-c4ccccc4)c3)CC2)c1. The summed E-state index contributed by atoms with van der Waals surface area (Å²) in [6.45, 7) is 3.05. The molecule has 1 aliphatic heterocycles. The van der Waals surface area contributed by atoms with Gasteiger partial charge in [-0.1, -0.05) is 36.4 Å². The molecule has 1 N–H and O–H groups in total. The summed E-state index contributed by atoms with van der Waals surface area (Å²) in [5.41, 5.74) is 4.51. The van der Waals surface area contributed by atoms with Crippen molar-refractivity contribution < 1.29 is 9.59 Å². The van der Waals surface area contributed by atoms with Crippen molar-refractivity contribution in [3.63, 3.8) is 0 Å². The number of aromatic nitrogens is 3. The monoisotopic (exact) mass is 465 g/mol. The molecule has 0 unspecified atom stereocenters. The first-order chi connectivity index (χ1) is 17.1. The van der Waals surface area contributed by atoms with Crippen LogP contribution in [0.5, 0.6) is 0 Å². The highest BCUT2D eigenvalue weighted by atomic mass is 16.2. The Hall–Kier alpha value is -4.26. The van der Waals surface area contributed by atoms with Crippen molar-refractivity contribution in [1.29, 1.82) is 0 Å². The van der Waals surface area contributed by atoms with Gasteiger partial charge in [0.25, 0.3) is 5.91 Å². The molecule has 1 aliphatic rings. The van der Waals surface area contributed by atoms with E-state index in [1.165, 1.54) is 0 Å². The van der Waals surface area contributed by atoms with E-state index in [1.54, 1.807) is 12.4 Å². The summed E-state index contributed by atoms with van der Waals surface area (Å²) in [4.78, 5) is 32.0. The molecule has 0 atom stereocenters. The number of pyridine rings is 1. The number of likely N-dealkylation sites (tertiary alicyclic amines) is 1. The molecule has 2 amide bonds. The average Bonchev–Trinajstić information content (AvgIpc) is 3.39. The van der Waals surface area contributed by atoms with Crippen LogP contribution in [0.2, 0.25) is 0 Å². The summed E-state index contributed by atoms with van der Waals surface area (Å²) in [5.74, 6) is 0.368. The first-order valence-corrected chi connectivity index (χ1v) is 11.8. The maximum absolute atomic E-state index is 13.3. The largest absolute Gasteiger partial charge is 0.339 e. The Morgan fingerprint density at radius 1 is 0.914 bits per heavy atom. The van der Waals surface area contributed by atoms with Crippen LogP contribution in [-0.4, -0.2) is 44.6 Å². The van der Waals surface area contributed by atoms with Crippen molar-refractivity contribution in [1.82, 2.24) is 19.7 Å². The molecule has 3 heterocycles. The summed E-state index contributed by atoms with van der Waals surface area (Å²) in [7, 11) is 0. The molecule has 2 aromatic heterocycles. The standard InChI is InChI=1S/C28H27N5O2/c1-20-10-14-29-26(18-20)31-27(34)22-12-16-32(17-13-22)28(35)23-8-5-9-24(19-23)33-25(11-15-30-33)21-6-3-2-4-7-21/h2-11,14-15,18-19,22H,12-13,16-17H2,1H3,(H,29,31,34). The van der Waals surface area contributed by atoms with Gasteiger partial charge in [0.15, 0.2) is 0 Å². The number of rotatable bonds is 5. The van der Waals surface area contributed by atoms with Gasteiger partial charge in [-0.05, 0) is 61.7 Å². The zero-order valence-electron chi connectivity index (χ0n) is 19.6. The first kappa shape index (κ1) is 22.5. The number of amides is 2. The van der Waals surface area contributed by atoms with Crippen LogP contribution in [0.1, 0.15) is 28.8 Å². The van der Waals surface area contributed by atoms with Gasteiger partial charge in [0.2, 0.25) is 5.91 Å². The molecule has 176 valence electrons. The molecule has 0 bridgehead atoms. The van der Waals surface area contributed by atoms with Gasteiger partial charge in [0, 0.05) is 36.3 Å². The molecular formula is C28H27N5O2. The number of hydrogen-bond donors (Lipinski definition) is 1. The minimum absolute atomic E-state index is 0.0283. The molecule has 7 nitrogen and oxygen atoms in total. The quantitative estimate of drug-likeness (QED) is 0.462. The molecule has 2 aromatic carbocycles. The average molecular weight is 466 g/mol. The van der Waals surface area contributed by atoms with Gasteiger partial charge < -0.3 is 10.2 Å². The number of piperidine rings is 1. The second kappa shape index (κ2) is 9.93. The summed E-state index contributed by atoms with van der Waals surface area (Å²) < 4.78 is 1.85. The van der Waals surface area contributed by atoms with E-state index in [1.807, 2.05) is 89.3 Å². The molecule has 4 aromatic rings. The Labute approximate surface area is 204 Å². The van der Waals surface area contributed by atoms with Crippen molar-refractivity contribution in [3.8, 4) is 16.9 Å². The smallest absolute Gasteiger partial charge is 0.253 e. The summed E-state index contributed by atoms with van der Waals surface area (Å²) >= 11 is 0. The summed E-state index contributed by atoms with van der Waals surface area (Å²) in [6.07, 6.45) is 4.70. The molecular weight excluding hydrogens is 438 g/mol. The molecule has 0 radical (unpaired) electrons. The lowest BCUT2D eigenvalue weighted by Gasteiger charge is -2.31. The third-order valence-corrected chi connectivity index (χ3v) is 6.37. The van der Waals surface area contributed by atoms with Gasteiger partial charge in [-0.3, -0.25) is 9.59 Å². The third kappa shape index (κ3) is 4.99. The van der Waals surface area contributed by atoms with E-state index < -0.39 is 0 Å². The van der Waals surface area contributed by atoms with Crippen LogP contribution in [0, 0.1) is 12.8 Å². The van der Waals surface area contributed by atoms with Crippen LogP contribution in [0.25, 0.3) is 16.9 Å². The highest BCUT2D eigenvalue weighted by Crippen LogP contribution is 2.24. The van der Waals surface area contributed by atoms with E-state index in [0.29, 0.717) is 37.3 Å². The maximum Gasteiger partial charge on any atom is 0.253 e. The van der Waals surface area contributed by atoms with Crippen LogP contribution >= 0.6 is 0 Å². The Morgan fingerprint density at radius 2 is 1.71 bits per heavy atom. The van der Waals surface area contributed by atoms with Crippen LogP contribution in [0.4, 0.5) is 5.82 Å². The highest BCUT2D eigenvalue weighted by Gasteiger charge is 2.28. The number of hydrogen-bond acceptors (Lipinski definition) is 4. The van der Waals surface area contributed by atoms with Crippen LogP contribution in [0.15, 0.2) is 85.2 Å². The van der Waals surface area contributed by atoms with Crippen molar-refractivity contribution in [2.24, 2.45) is 5.92 Å².